The zero-order valence-electron chi connectivity index (χ0n) is 12.3. The molecule has 1 heterocycles. The molecule has 0 aliphatic carbocycles. The number of carbonyl (C=O) groups excluding carboxylic acids is 1. The molecule has 1 aromatic carbocycles. The molecule has 1 atom stereocenters. The first kappa shape index (κ1) is 15.5. The molecule has 0 radical (unpaired) electrons. The van der Waals surface area contributed by atoms with E-state index in [1.54, 1.807) is 4.90 Å². The molecule has 5 heteroatoms. The van der Waals surface area contributed by atoms with E-state index in [1.165, 1.54) is 0 Å². The molecule has 1 saturated heterocycles. The van der Waals surface area contributed by atoms with Crippen LogP contribution in [0.1, 0.15) is 24.8 Å². The lowest BCUT2D eigenvalue weighted by molar-refractivity contribution is -0.136. The first-order chi connectivity index (χ1) is 10.1. The number of aryl methyl sites for hydroxylation is 1. The molecule has 1 aromatic rings. The highest BCUT2D eigenvalue weighted by molar-refractivity contribution is 5.96. The quantitative estimate of drug-likeness (QED) is 0.867. The van der Waals surface area contributed by atoms with Crippen LogP contribution in [0.3, 0.4) is 0 Å². The number of nitrogens with zero attached hydrogens (tertiary/aromatic N) is 1. The predicted octanol–water partition coefficient (Wildman–Crippen LogP) is 1.80. The van der Waals surface area contributed by atoms with Crippen LogP contribution >= 0.6 is 0 Å². The third kappa shape index (κ3) is 4.04. The predicted molar refractivity (Wildman–Crippen MR) is 81.4 cm³/mol. The van der Waals surface area contributed by atoms with Gasteiger partial charge in [0.1, 0.15) is 0 Å². The number of amides is 1. The van der Waals surface area contributed by atoms with Gasteiger partial charge >= 0.3 is 5.97 Å². The monoisotopic (exact) mass is 290 g/mol. The molecule has 0 saturated carbocycles. The van der Waals surface area contributed by atoms with Gasteiger partial charge in [0, 0.05) is 18.8 Å². The van der Waals surface area contributed by atoms with Crippen molar-refractivity contribution in [2.24, 2.45) is 5.92 Å². The SMILES string of the molecule is Cc1ccccc1N(CCC(=O)O)C(=O)[C@@H]1CCCNC1. The summed E-state index contributed by atoms with van der Waals surface area (Å²) in [6.07, 6.45) is 1.80. The van der Waals surface area contributed by atoms with Crippen molar-refractivity contribution < 1.29 is 14.7 Å². The van der Waals surface area contributed by atoms with Gasteiger partial charge in [-0.25, -0.2) is 0 Å². The zero-order valence-corrected chi connectivity index (χ0v) is 12.3. The van der Waals surface area contributed by atoms with E-state index in [0.717, 1.165) is 30.6 Å². The second kappa shape index (κ2) is 7.22. The van der Waals surface area contributed by atoms with Crippen molar-refractivity contribution in [3.05, 3.63) is 29.8 Å². The molecular formula is C16H22N2O3. The van der Waals surface area contributed by atoms with Crippen molar-refractivity contribution in [2.45, 2.75) is 26.2 Å². The topological polar surface area (TPSA) is 69.6 Å². The average Bonchev–Trinajstić information content (AvgIpc) is 2.49. The number of rotatable bonds is 5. The Morgan fingerprint density at radius 1 is 1.38 bits per heavy atom. The lowest BCUT2D eigenvalue weighted by Gasteiger charge is -2.30. The highest BCUT2D eigenvalue weighted by Crippen LogP contribution is 2.23. The number of hydrogen-bond donors (Lipinski definition) is 2. The highest BCUT2D eigenvalue weighted by atomic mass is 16.4. The lowest BCUT2D eigenvalue weighted by atomic mass is 9.97. The van der Waals surface area contributed by atoms with Crippen LogP contribution < -0.4 is 10.2 Å². The molecule has 1 aliphatic heterocycles. The molecule has 1 amide bonds. The summed E-state index contributed by atoms with van der Waals surface area (Å²) in [6.45, 7) is 3.78. The summed E-state index contributed by atoms with van der Waals surface area (Å²) in [6, 6.07) is 7.62. The molecule has 0 spiro atoms. The largest absolute Gasteiger partial charge is 0.481 e. The Morgan fingerprint density at radius 3 is 2.76 bits per heavy atom. The number of nitrogens with one attached hydrogen (secondary N) is 1. The molecule has 21 heavy (non-hydrogen) atoms. The number of benzene rings is 1. The molecule has 0 bridgehead atoms. The van der Waals surface area contributed by atoms with E-state index in [2.05, 4.69) is 5.32 Å². The molecule has 2 N–H and O–H groups in total. The van der Waals surface area contributed by atoms with Gasteiger partial charge in [-0.05, 0) is 37.9 Å². The Hall–Kier alpha value is -1.88. The van der Waals surface area contributed by atoms with Gasteiger partial charge in [0.15, 0.2) is 0 Å². The Labute approximate surface area is 125 Å². The molecule has 0 unspecified atom stereocenters. The fourth-order valence-corrected chi connectivity index (χ4v) is 2.71. The van der Waals surface area contributed by atoms with Gasteiger partial charge in [-0.1, -0.05) is 18.2 Å². The molecule has 114 valence electrons. The van der Waals surface area contributed by atoms with E-state index in [4.69, 9.17) is 5.11 Å². The highest BCUT2D eigenvalue weighted by Gasteiger charge is 2.27. The van der Waals surface area contributed by atoms with Crippen LogP contribution in [0.2, 0.25) is 0 Å². The summed E-state index contributed by atoms with van der Waals surface area (Å²) in [5.41, 5.74) is 1.80. The first-order valence-corrected chi connectivity index (χ1v) is 7.39. The van der Waals surface area contributed by atoms with Gasteiger partial charge in [-0.2, -0.15) is 0 Å². The van der Waals surface area contributed by atoms with Crippen molar-refractivity contribution in [3.63, 3.8) is 0 Å². The van der Waals surface area contributed by atoms with Crippen LogP contribution in [0.25, 0.3) is 0 Å². The first-order valence-electron chi connectivity index (χ1n) is 7.39. The Kier molecular flexibility index (Phi) is 5.33. The second-order valence-electron chi connectivity index (χ2n) is 5.46. The third-order valence-corrected chi connectivity index (χ3v) is 3.87. The van der Waals surface area contributed by atoms with Crippen LogP contribution in [-0.2, 0) is 9.59 Å². The third-order valence-electron chi connectivity index (χ3n) is 3.87. The lowest BCUT2D eigenvalue weighted by Crippen LogP contribution is -2.44. The molecule has 0 aromatic heterocycles. The van der Waals surface area contributed by atoms with E-state index < -0.39 is 5.97 Å². The number of aliphatic carboxylic acids is 1. The van der Waals surface area contributed by atoms with Crippen molar-refractivity contribution in [2.75, 3.05) is 24.5 Å². The van der Waals surface area contributed by atoms with Crippen molar-refractivity contribution in [3.8, 4) is 0 Å². The van der Waals surface area contributed by atoms with Crippen LogP contribution in [0.4, 0.5) is 5.69 Å². The van der Waals surface area contributed by atoms with Crippen LogP contribution in [0.15, 0.2) is 24.3 Å². The summed E-state index contributed by atoms with van der Waals surface area (Å²) in [5.74, 6) is -0.923. The number of carboxylic acids is 1. The summed E-state index contributed by atoms with van der Waals surface area (Å²) in [7, 11) is 0. The smallest absolute Gasteiger partial charge is 0.305 e. The number of carbonyl (C=O) groups is 2. The maximum Gasteiger partial charge on any atom is 0.305 e. The number of piperidine rings is 1. The fourth-order valence-electron chi connectivity index (χ4n) is 2.71. The van der Waals surface area contributed by atoms with Gasteiger partial charge in [0.2, 0.25) is 5.91 Å². The number of carboxylic acid groups (broad SMARTS) is 1. The van der Waals surface area contributed by atoms with Crippen LogP contribution in [-0.4, -0.2) is 36.6 Å². The zero-order chi connectivity index (χ0) is 15.2. The minimum Gasteiger partial charge on any atom is -0.481 e. The van der Waals surface area contributed by atoms with Gasteiger partial charge in [-0.3, -0.25) is 9.59 Å². The van der Waals surface area contributed by atoms with Crippen LogP contribution in [0.5, 0.6) is 0 Å². The summed E-state index contributed by atoms with van der Waals surface area (Å²) in [4.78, 5) is 25.3. The van der Waals surface area contributed by atoms with E-state index >= 15 is 0 Å². The standard InChI is InChI=1S/C16H22N2O3/c1-12-5-2-3-7-14(12)18(10-8-15(19)20)16(21)13-6-4-9-17-11-13/h2-3,5,7,13,17H,4,6,8-11H2,1H3,(H,19,20)/t13-/m1/s1. The van der Waals surface area contributed by atoms with Crippen LogP contribution in [0, 0.1) is 12.8 Å². The van der Waals surface area contributed by atoms with Gasteiger partial charge in [-0.15, -0.1) is 0 Å². The summed E-state index contributed by atoms with van der Waals surface area (Å²) < 4.78 is 0. The van der Waals surface area contributed by atoms with E-state index in [9.17, 15) is 9.59 Å². The van der Waals surface area contributed by atoms with Gasteiger partial charge in [0.05, 0.1) is 12.3 Å². The minimum atomic E-state index is -0.886. The maximum absolute atomic E-state index is 12.8. The second-order valence-corrected chi connectivity index (χ2v) is 5.46. The van der Waals surface area contributed by atoms with Crippen molar-refractivity contribution >= 4 is 17.6 Å². The maximum atomic E-state index is 12.8. The normalized spacial score (nSPS) is 18.2. The van der Waals surface area contributed by atoms with E-state index in [-0.39, 0.29) is 24.8 Å². The Morgan fingerprint density at radius 2 is 2.14 bits per heavy atom. The van der Waals surface area contributed by atoms with E-state index in [1.807, 2.05) is 31.2 Å². The van der Waals surface area contributed by atoms with E-state index in [0.29, 0.717) is 6.54 Å². The number of hydrogen-bond acceptors (Lipinski definition) is 3. The van der Waals surface area contributed by atoms with Gasteiger partial charge < -0.3 is 15.3 Å². The fraction of sp³-hybridized carbons (Fsp3) is 0.500. The number of para-hydroxylation sites is 1. The molecular weight excluding hydrogens is 268 g/mol. The van der Waals surface area contributed by atoms with Crippen molar-refractivity contribution in [1.82, 2.24) is 5.32 Å². The molecule has 2 rings (SSSR count). The minimum absolute atomic E-state index is 0.0257. The summed E-state index contributed by atoms with van der Waals surface area (Å²) in [5, 5.41) is 12.2. The molecule has 1 fully saturated rings. The van der Waals surface area contributed by atoms with Gasteiger partial charge in [0.25, 0.3) is 0 Å². The van der Waals surface area contributed by atoms with Crippen molar-refractivity contribution in [1.29, 1.82) is 0 Å². The molecule has 1 aliphatic rings. The molecule has 5 nitrogen and oxygen atoms in total. The number of anilines is 1. The summed E-state index contributed by atoms with van der Waals surface area (Å²) >= 11 is 0. The average molecular weight is 290 g/mol. The Bertz CT molecular complexity index is 510. The Balaban J connectivity index is 2.20.